The van der Waals surface area contributed by atoms with Crippen LogP contribution in [-0.2, 0) is 0 Å². The standard InChI is InChI=1S/C20H14N4.2CH3.2BrH.Sn/c1-3-9-15(10-4-1)18-19(16-11-5-2-6-12-16)23-24-20(22-18)17-13-7-8-14-21-17;;;;;/h1-14H;2*1H3;2*1H;/q;;;;;+2/p-2. The fraction of sp³-hybridized carbons (Fsp3) is 0.0909. The Morgan fingerprint density at radius 1 is 0.655 bits per heavy atom. The molecule has 0 saturated carbocycles. The predicted octanol–water partition coefficient (Wildman–Crippen LogP) is 6.75. The first kappa shape index (κ1) is 22.1. The molecular formula is C22H20Br2N4Sn. The van der Waals surface area contributed by atoms with Gasteiger partial charge >= 0.3 is 49.2 Å². The summed E-state index contributed by atoms with van der Waals surface area (Å²) in [5.41, 5.74) is 4.27. The molecule has 0 unspecified atom stereocenters. The second kappa shape index (κ2) is 10.4. The summed E-state index contributed by atoms with van der Waals surface area (Å²) in [5.74, 6) is 0.522. The Hall–Kier alpha value is -1.64. The third kappa shape index (κ3) is 6.97. The molecule has 0 radical (unpaired) electrons. The molecule has 0 aliphatic rings. The maximum Gasteiger partial charge on any atom is 0.201 e. The number of pyridine rings is 1. The first-order valence-electron chi connectivity index (χ1n) is 9.06. The number of rotatable bonds is 3. The fourth-order valence-electron chi connectivity index (χ4n) is 2.52. The van der Waals surface area contributed by atoms with Crippen LogP contribution in [0.3, 0.4) is 0 Å². The first-order valence-corrected chi connectivity index (χ1v) is 27.6. The second-order valence-corrected chi connectivity index (χ2v) is 47.9. The molecule has 0 atom stereocenters. The summed E-state index contributed by atoms with van der Waals surface area (Å²) in [6.45, 7) is 0. The number of hydrogen-bond donors (Lipinski definition) is 0. The van der Waals surface area contributed by atoms with Crippen molar-refractivity contribution in [2.45, 2.75) is 9.88 Å². The third-order valence-corrected chi connectivity index (χ3v) is 3.68. The molecule has 2 aromatic carbocycles. The van der Waals surface area contributed by atoms with Crippen LogP contribution >= 0.6 is 25.4 Å². The van der Waals surface area contributed by atoms with E-state index < -0.39 is 13.9 Å². The molecular weight excluding hydrogens is 599 g/mol. The Morgan fingerprint density at radius 3 is 1.69 bits per heavy atom. The molecule has 4 nitrogen and oxygen atoms in total. The number of hydrogen-bond acceptors (Lipinski definition) is 4. The Balaban J connectivity index is 0.000000431. The average Bonchev–Trinajstić information content (AvgIpc) is 2.74. The zero-order valence-electron chi connectivity index (χ0n) is 16.1. The van der Waals surface area contributed by atoms with Gasteiger partial charge in [0.05, 0.1) is 0 Å². The predicted molar refractivity (Wildman–Crippen MR) is 129 cm³/mol. The Morgan fingerprint density at radius 2 is 1.17 bits per heavy atom. The Kier molecular flexibility index (Phi) is 7.91. The van der Waals surface area contributed by atoms with E-state index in [1.165, 1.54) is 0 Å². The maximum absolute atomic E-state index is 4.75. The summed E-state index contributed by atoms with van der Waals surface area (Å²) in [5, 5.41) is 8.74. The van der Waals surface area contributed by atoms with Crippen LogP contribution in [0.1, 0.15) is 0 Å². The minimum atomic E-state index is -1.55. The van der Waals surface area contributed by atoms with Gasteiger partial charge in [-0.1, -0.05) is 66.7 Å². The average molecular weight is 619 g/mol. The number of halogens is 2. The van der Waals surface area contributed by atoms with Crippen LogP contribution in [0.5, 0.6) is 0 Å². The van der Waals surface area contributed by atoms with Gasteiger partial charge in [0, 0.05) is 17.3 Å². The zero-order chi connectivity index (χ0) is 20.7. The molecule has 0 bridgehead atoms. The zero-order valence-corrected chi connectivity index (χ0v) is 22.2. The third-order valence-electron chi connectivity index (χ3n) is 3.68. The van der Waals surface area contributed by atoms with Gasteiger partial charge in [-0.15, -0.1) is 10.2 Å². The van der Waals surface area contributed by atoms with E-state index in [9.17, 15) is 0 Å². The van der Waals surface area contributed by atoms with Gasteiger partial charge in [-0.2, -0.15) is 0 Å². The van der Waals surface area contributed by atoms with Gasteiger partial charge < -0.3 is 0 Å². The summed E-state index contributed by atoms with van der Waals surface area (Å²) in [4.78, 5) is 13.5. The van der Waals surface area contributed by atoms with E-state index in [1.54, 1.807) is 6.20 Å². The number of aromatic nitrogens is 4. The molecule has 0 N–H and O–H groups in total. The van der Waals surface area contributed by atoms with E-state index in [0.717, 1.165) is 22.5 Å². The molecule has 0 aliphatic heterocycles. The molecule has 0 fully saturated rings. The normalized spacial score (nSPS) is 10.8. The largest absolute Gasteiger partial charge is 0.253 e. The maximum atomic E-state index is 4.75. The SMILES string of the molecule is [CH3][Sn]([CH3])([Br])[Br].c1ccc(-c2nnc(-c3ccccn3)nc2-c2ccccc2)cc1. The van der Waals surface area contributed by atoms with Crippen LogP contribution in [0, 0.1) is 0 Å². The van der Waals surface area contributed by atoms with Crippen LogP contribution in [-0.4, -0.2) is 34.1 Å². The molecule has 29 heavy (non-hydrogen) atoms. The van der Waals surface area contributed by atoms with Crippen molar-refractivity contribution < 1.29 is 0 Å². The van der Waals surface area contributed by atoms with Crippen LogP contribution in [0.15, 0.2) is 85.1 Å². The Labute approximate surface area is 187 Å². The van der Waals surface area contributed by atoms with Crippen molar-refractivity contribution in [3.05, 3.63) is 85.1 Å². The summed E-state index contributed by atoms with van der Waals surface area (Å²) in [6.07, 6.45) is 1.73. The van der Waals surface area contributed by atoms with Crippen molar-refractivity contribution in [2.24, 2.45) is 0 Å². The van der Waals surface area contributed by atoms with Gasteiger partial charge in [0.1, 0.15) is 17.1 Å². The molecule has 7 heteroatoms. The number of benzene rings is 2. The molecule has 0 spiro atoms. The monoisotopic (exact) mass is 618 g/mol. The molecule has 0 aliphatic carbocycles. The van der Waals surface area contributed by atoms with Gasteiger partial charge in [-0.25, -0.2) is 4.98 Å². The van der Waals surface area contributed by atoms with E-state index in [0.29, 0.717) is 11.5 Å². The van der Waals surface area contributed by atoms with Crippen molar-refractivity contribution >= 4 is 39.3 Å². The van der Waals surface area contributed by atoms with Gasteiger partial charge in [-0.05, 0) is 12.1 Å². The molecule has 4 aromatic rings. The molecule has 0 amide bonds. The van der Waals surface area contributed by atoms with Crippen LogP contribution in [0.2, 0.25) is 9.88 Å². The molecule has 0 saturated heterocycles. The Bertz CT molecular complexity index is 1030. The minimum Gasteiger partial charge on any atom is -0.253 e. The number of nitrogens with zero attached hydrogens (tertiary/aromatic N) is 4. The second-order valence-electron chi connectivity index (χ2n) is 6.61. The molecule has 4 rings (SSSR count). The molecule has 2 aromatic heterocycles. The molecule has 2 heterocycles. The smallest absolute Gasteiger partial charge is 0.201 e. The topological polar surface area (TPSA) is 51.6 Å². The summed E-state index contributed by atoms with van der Waals surface area (Å²) < 4.78 is 0. The summed E-state index contributed by atoms with van der Waals surface area (Å²) >= 11 is 5.45. The van der Waals surface area contributed by atoms with Gasteiger partial charge in [0.2, 0.25) is 5.82 Å². The van der Waals surface area contributed by atoms with E-state index in [-0.39, 0.29) is 0 Å². The first-order chi connectivity index (χ1) is 13.9. The van der Waals surface area contributed by atoms with Crippen molar-refractivity contribution in [3.8, 4) is 34.0 Å². The van der Waals surface area contributed by atoms with E-state index in [2.05, 4.69) is 50.5 Å². The van der Waals surface area contributed by atoms with E-state index in [4.69, 9.17) is 4.98 Å². The van der Waals surface area contributed by atoms with Crippen molar-refractivity contribution in [1.29, 1.82) is 0 Å². The van der Waals surface area contributed by atoms with Crippen molar-refractivity contribution in [3.63, 3.8) is 0 Å². The van der Waals surface area contributed by atoms with Gasteiger partial charge in [-0.3, -0.25) is 4.98 Å². The van der Waals surface area contributed by atoms with Crippen molar-refractivity contribution in [1.82, 2.24) is 20.2 Å². The van der Waals surface area contributed by atoms with Gasteiger partial charge in [0.25, 0.3) is 0 Å². The summed E-state index contributed by atoms with van der Waals surface area (Å²) in [6, 6.07) is 25.7. The fourth-order valence-corrected chi connectivity index (χ4v) is 2.52. The quantitative estimate of drug-likeness (QED) is 0.239. The van der Waals surface area contributed by atoms with Crippen LogP contribution in [0.25, 0.3) is 34.0 Å². The molecule has 146 valence electrons. The van der Waals surface area contributed by atoms with Gasteiger partial charge in [0.15, 0.2) is 0 Å². The van der Waals surface area contributed by atoms with Crippen LogP contribution < -0.4 is 0 Å². The van der Waals surface area contributed by atoms with Crippen LogP contribution in [0.4, 0.5) is 0 Å². The summed E-state index contributed by atoms with van der Waals surface area (Å²) in [7, 11) is 0. The van der Waals surface area contributed by atoms with E-state index >= 15 is 0 Å². The van der Waals surface area contributed by atoms with E-state index in [1.807, 2.05) is 78.9 Å². The minimum absolute atomic E-state index is 0.522. The van der Waals surface area contributed by atoms with Crippen molar-refractivity contribution in [2.75, 3.05) is 0 Å².